The van der Waals surface area contributed by atoms with Crippen LogP contribution in [0.4, 0.5) is 5.82 Å². The number of nitrogens with zero attached hydrogens (tertiary/aromatic N) is 4. The molecule has 0 aliphatic carbocycles. The van der Waals surface area contributed by atoms with E-state index in [0.717, 1.165) is 22.5 Å². The quantitative estimate of drug-likeness (QED) is 0.682. The maximum atomic E-state index is 5.94. The molecule has 8 heteroatoms. The van der Waals surface area contributed by atoms with Gasteiger partial charge in [0.2, 0.25) is 5.88 Å². The summed E-state index contributed by atoms with van der Waals surface area (Å²) in [4.78, 5) is 18.2. The summed E-state index contributed by atoms with van der Waals surface area (Å²) >= 11 is 5.94. The molecule has 0 bridgehead atoms. The van der Waals surface area contributed by atoms with Crippen LogP contribution in [0.1, 0.15) is 29.3 Å². The maximum absolute atomic E-state index is 5.94. The first-order valence-electron chi connectivity index (χ1n) is 8.77. The topological polar surface area (TPSA) is 95.5 Å². The largest absolute Gasteiger partial charge is 0.471 e. The zero-order valence-corrected chi connectivity index (χ0v) is 15.7. The third-order valence-electron chi connectivity index (χ3n) is 4.30. The number of ether oxygens (including phenoxy) is 1. The smallest absolute Gasteiger partial charge is 0.213 e. The highest BCUT2D eigenvalue weighted by Gasteiger charge is 2.25. The van der Waals surface area contributed by atoms with Crippen LogP contribution in [0.25, 0.3) is 0 Å². The number of nitrogen functional groups attached to an aromatic ring is 1. The summed E-state index contributed by atoms with van der Waals surface area (Å²) in [5, 5.41) is 4.82. The van der Waals surface area contributed by atoms with E-state index in [1.54, 1.807) is 30.7 Å². The number of halogens is 1. The summed E-state index contributed by atoms with van der Waals surface area (Å²) in [5.74, 6) is 0.998. The SMILES string of the molecule is Nc1ncccc1C1CC(Cc2ccc(OCc3cc(Cl)ccn3)nc2)=NO1. The molecule has 0 saturated carbocycles. The van der Waals surface area contributed by atoms with E-state index >= 15 is 0 Å². The van der Waals surface area contributed by atoms with Gasteiger partial charge in [-0.1, -0.05) is 22.8 Å². The summed E-state index contributed by atoms with van der Waals surface area (Å²) in [5.41, 5.74) is 9.48. The second kappa shape index (κ2) is 8.22. The highest BCUT2D eigenvalue weighted by molar-refractivity contribution is 6.30. The number of hydrogen-bond donors (Lipinski definition) is 1. The van der Waals surface area contributed by atoms with E-state index in [4.69, 9.17) is 26.9 Å². The van der Waals surface area contributed by atoms with Crippen LogP contribution >= 0.6 is 11.6 Å². The molecular formula is C20H18ClN5O2. The van der Waals surface area contributed by atoms with E-state index in [2.05, 4.69) is 20.1 Å². The highest BCUT2D eigenvalue weighted by Crippen LogP contribution is 2.30. The fraction of sp³-hybridized carbons (Fsp3) is 0.200. The summed E-state index contributed by atoms with van der Waals surface area (Å²) in [6.45, 7) is 0.307. The molecule has 28 heavy (non-hydrogen) atoms. The van der Waals surface area contributed by atoms with E-state index in [9.17, 15) is 0 Å². The van der Waals surface area contributed by atoms with Gasteiger partial charge in [-0.3, -0.25) is 4.98 Å². The number of aromatic nitrogens is 3. The van der Waals surface area contributed by atoms with Crippen molar-refractivity contribution in [2.45, 2.75) is 25.6 Å². The lowest BCUT2D eigenvalue weighted by molar-refractivity contribution is 0.0860. The zero-order valence-electron chi connectivity index (χ0n) is 15.0. The van der Waals surface area contributed by atoms with E-state index in [0.29, 0.717) is 36.2 Å². The molecule has 0 fully saturated rings. The Bertz CT molecular complexity index is 994. The van der Waals surface area contributed by atoms with Crippen LogP contribution in [0.3, 0.4) is 0 Å². The molecule has 3 aromatic rings. The molecule has 2 N–H and O–H groups in total. The van der Waals surface area contributed by atoms with Crippen molar-refractivity contribution in [3.63, 3.8) is 0 Å². The zero-order chi connectivity index (χ0) is 19.3. The Balaban J connectivity index is 1.32. The summed E-state index contributed by atoms with van der Waals surface area (Å²) in [7, 11) is 0. The van der Waals surface area contributed by atoms with Gasteiger partial charge in [0.1, 0.15) is 12.4 Å². The van der Waals surface area contributed by atoms with Crippen LogP contribution in [-0.4, -0.2) is 20.7 Å². The second-order valence-electron chi connectivity index (χ2n) is 6.37. The average Bonchev–Trinajstić information content (AvgIpc) is 3.16. The molecule has 1 unspecified atom stereocenters. The van der Waals surface area contributed by atoms with Gasteiger partial charge in [0.05, 0.1) is 11.4 Å². The van der Waals surface area contributed by atoms with E-state index in [-0.39, 0.29) is 6.10 Å². The number of pyridine rings is 3. The Morgan fingerprint density at radius 2 is 2.07 bits per heavy atom. The molecule has 4 heterocycles. The van der Waals surface area contributed by atoms with E-state index < -0.39 is 0 Å². The molecule has 0 amide bonds. The molecule has 1 atom stereocenters. The van der Waals surface area contributed by atoms with Crippen LogP contribution in [0.15, 0.2) is 60.1 Å². The van der Waals surface area contributed by atoms with Gasteiger partial charge >= 0.3 is 0 Å². The van der Waals surface area contributed by atoms with Crippen molar-refractivity contribution >= 4 is 23.1 Å². The van der Waals surface area contributed by atoms with Gasteiger partial charge in [0.15, 0.2) is 6.10 Å². The fourth-order valence-electron chi connectivity index (χ4n) is 2.91. The number of rotatable bonds is 6. The standard InChI is InChI=1S/C20H18ClN5O2/c21-14-5-7-23-16(9-14)12-27-19-4-3-13(11-25-19)8-15-10-18(28-26-15)17-2-1-6-24-20(17)22/h1-7,9,11,18H,8,10,12H2,(H2,22,24). The first-order chi connectivity index (χ1) is 13.7. The molecule has 1 aliphatic rings. The molecule has 7 nitrogen and oxygen atoms in total. The number of nitrogens with two attached hydrogens (primary N) is 1. The fourth-order valence-corrected chi connectivity index (χ4v) is 3.09. The molecule has 0 saturated heterocycles. The number of hydrogen-bond acceptors (Lipinski definition) is 7. The second-order valence-corrected chi connectivity index (χ2v) is 6.81. The van der Waals surface area contributed by atoms with Crippen molar-refractivity contribution in [2.24, 2.45) is 5.16 Å². The molecule has 3 aromatic heterocycles. The molecule has 1 aliphatic heterocycles. The highest BCUT2D eigenvalue weighted by atomic mass is 35.5. The van der Waals surface area contributed by atoms with Gasteiger partial charge in [0.25, 0.3) is 0 Å². The van der Waals surface area contributed by atoms with Gasteiger partial charge in [-0.15, -0.1) is 0 Å². The van der Waals surface area contributed by atoms with Crippen LogP contribution in [0.5, 0.6) is 5.88 Å². The monoisotopic (exact) mass is 395 g/mol. The van der Waals surface area contributed by atoms with Gasteiger partial charge in [-0.2, -0.15) is 0 Å². The van der Waals surface area contributed by atoms with Gasteiger partial charge in [-0.25, -0.2) is 9.97 Å². The van der Waals surface area contributed by atoms with E-state index in [1.165, 1.54) is 0 Å². The normalized spacial score (nSPS) is 15.8. The minimum Gasteiger partial charge on any atom is -0.471 e. The Labute approximate surface area is 167 Å². The Kier molecular flexibility index (Phi) is 5.34. The molecule has 142 valence electrons. The van der Waals surface area contributed by atoms with Crippen LogP contribution in [0.2, 0.25) is 5.02 Å². The molecule has 0 aromatic carbocycles. The predicted octanol–water partition coefficient (Wildman–Crippen LogP) is 3.75. The van der Waals surface area contributed by atoms with Crippen molar-refractivity contribution in [2.75, 3.05) is 5.73 Å². The third-order valence-corrected chi connectivity index (χ3v) is 4.54. The van der Waals surface area contributed by atoms with Crippen LogP contribution < -0.4 is 10.5 Å². The predicted molar refractivity (Wildman–Crippen MR) is 106 cm³/mol. The lowest BCUT2D eigenvalue weighted by Crippen LogP contribution is -2.06. The summed E-state index contributed by atoms with van der Waals surface area (Å²) in [6.07, 6.45) is 6.22. The minimum atomic E-state index is -0.190. The lowest BCUT2D eigenvalue weighted by Gasteiger charge is -2.10. The molecular weight excluding hydrogens is 378 g/mol. The third kappa shape index (κ3) is 4.37. The first-order valence-corrected chi connectivity index (χ1v) is 9.15. The van der Waals surface area contributed by atoms with Crippen molar-refractivity contribution in [3.05, 3.63) is 76.8 Å². The van der Waals surface area contributed by atoms with Crippen molar-refractivity contribution < 1.29 is 9.57 Å². The number of anilines is 1. The van der Waals surface area contributed by atoms with Crippen molar-refractivity contribution in [1.29, 1.82) is 0 Å². The number of oxime groups is 1. The Hall–Kier alpha value is -3.19. The van der Waals surface area contributed by atoms with Crippen LogP contribution in [-0.2, 0) is 17.9 Å². The van der Waals surface area contributed by atoms with Gasteiger partial charge in [-0.05, 0) is 29.8 Å². The Morgan fingerprint density at radius 3 is 2.86 bits per heavy atom. The minimum absolute atomic E-state index is 0.190. The van der Waals surface area contributed by atoms with E-state index in [1.807, 2.05) is 24.3 Å². The van der Waals surface area contributed by atoms with Gasteiger partial charge in [0, 0.05) is 48.1 Å². The lowest BCUT2D eigenvalue weighted by atomic mass is 10.0. The maximum Gasteiger partial charge on any atom is 0.213 e. The van der Waals surface area contributed by atoms with Crippen LogP contribution in [0, 0.1) is 0 Å². The first kappa shape index (κ1) is 18.2. The molecule has 4 rings (SSSR count). The van der Waals surface area contributed by atoms with Gasteiger partial charge < -0.3 is 15.3 Å². The van der Waals surface area contributed by atoms with Crippen molar-refractivity contribution in [1.82, 2.24) is 15.0 Å². The summed E-state index contributed by atoms with van der Waals surface area (Å²) < 4.78 is 5.65. The molecule has 0 spiro atoms. The molecule has 0 radical (unpaired) electrons. The average molecular weight is 396 g/mol. The Morgan fingerprint density at radius 1 is 1.14 bits per heavy atom. The van der Waals surface area contributed by atoms with Crippen molar-refractivity contribution in [3.8, 4) is 5.88 Å². The summed E-state index contributed by atoms with van der Waals surface area (Å²) in [6, 6.07) is 11.0.